The topological polar surface area (TPSA) is 26.0 Å². The van der Waals surface area contributed by atoms with Gasteiger partial charge in [-0.05, 0) is 6.42 Å². The maximum Gasteiger partial charge on any atom is 0.124 e. The molecule has 9 heavy (non-hydrogen) atoms. The molecule has 49 valence electrons. The van der Waals surface area contributed by atoms with Crippen LogP contribution in [0.15, 0.2) is 16.9 Å². The zero-order valence-electron chi connectivity index (χ0n) is 4.88. The lowest BCUT2D eigenvalue weighted by atomic mass is 10.3. The van der Waals surface area contributed by atoms with Crippen molar-refractivity contribution in [3.63, 3.8) is 0 Å². The van der Waals surface area contributed by atoms with Gasteiger partial charge in [0, 0.05) is 18.4 Å². The summed E-state index contributed by atoms with van der Waals surface area (Å²) >= 11 is 5.43. The second-order valence-corrected chi connectivity index (χ2v) is 1.98. The van der Waals surface area contributed by atoms with Crippen molar-refractivity contribution in [2.75, 3.05) is 5.88 Å². The standard InChI is InChI=1S/C6H7ClNO/c7-4-1-2-6-3-5-9-8-6/h2-3,5H,1,4H2. The van der Waals surface area contributed by atoms with Crippen molar-refractivity contribution in [1.29, 1.82) is 0 Å². The Morgan fingerprint density at radius 2 is 2.67 bits per heavy atom. The van der Waals surface area contributed by atoms with E-state index in [1.165, 1.54) is 0 Å². The van der Waals surface area contributed by atoms with Gasteiger partial charge in [-0.1, -0.05) is 5.16 Å². The quantitative estimate of drug-likeness (QED) is 0.606. The van der Waals surface area contributed by atoms with Crippen LogP contribution in [0.2, 0.25) is 0 Å². The fourth-order valence-electron chi connectivity index (χ4n) is 0.530. The number of rotatable bonds is 3. The average molecular weight is 145 g/mol. The molecule has 0 spiro atoms. The van der Waals surface area contributed by atoms with Gasteiger partial charge in [-0.2, -0.15) is 0 Å². The van der Waals surface area contributed by atoms with Gasteiger partial charge in [-0.3, -0.25) is 0 Å². The second kappa shape index (κ2) is 3.51. The molecule has 0 amide bonds. The van der Waals surface area contributed by atoms with Gasteiger partial charge in [0.1, 0.15) is 6.26 Å². The minimum Gasteiger partial charge on any atom is -0.365 e. The zero-order valence-corrected chi connectivity index (χ0v) is 5.64. The SMILES string of the molecule is ClCC[CH]c1ccon1. The number of halogens is 1. The minimum atomic E-state index is 0.632. The van der Waals surface area contributed by atoms with E-state index in [2.05, 4.69) is 9.68 Å². The molecular weight excluding hydrogens is 138 g/mol. The summed E-state index contributed by atoms with van der Waals surface area (Å²) in [5.41, 5.74) is 0.857. The summed E-state index contributed by atoms with van der Waals surface area (Å²) in [5.74, 6) is 0.632. The minimum absolute atomic E-state index is 0.632. The highest BCUT2D eigenvalue weighted by molar-refractivity contribution is 6.17. The maximum atomic E-state index is 5.43. The summed E-state index contributed by atoms with van der Waals surface area (Å²) in [6.07, 6.45) is 4.31. The molecule has 1 aromatic rings. The first-order valence-electron chi connectivity index (χ1n) is 2.73. The highest BCUT2D eigenvalue weighted by Gasteiger charge is 1.93. The van der Waals surface area contributed by atoms with Gasteiger partial charge in [-0.25, -0.2) is 0 Å². The Balaban J connectivity index is 2.30. The summed E-state index contributed by atoms with van der Waals surface area (Å²) in [5, 5.41) is 3.66. The Kier molecular flexibility index (Phi) is 2.58. The van der Waals surface area contributed by atoms with Gasteiger partial charge >= 0.3 is 0 Å². The van der Waals surface area contributed by atoms with Gasteiger partial charge in [0.25, 0.3) is 0 Å². The molecule has 1 aromatic heterocycles. The molecule has 0 aromatic carbocycles. The van der Waals surface area contributed by atoms with Crippen LogP contribution in [0.4, 0.5) is 0 Å². The molecule has 1 rings (SSSR count). The Bertz CT molecular complexity index is 150. The molecule has 0 saturated heterocycles. The van der Waals surface area contributed by atoms with E-state index in [4.69, 9.17) is 11.6 Å². The zero-order chi connectivity index (χ0) is 6.53. The molecule has 3 heteroatoms. The van der Waals surface area contributed by atoms with E-state index < -0.39 is 0 Å². The van der Waals surface area contributed by atoms with Crippen molar-refractivity contribution in [1.82, 2.24) is 5.16 Å². The number of nitrogens with zero attached hydrogens (tertiary/aromatic N) is 1. The van der Waals surface area contributed by atoms with Crippen molar-refractivity contribution in [3.05, 3.63) is 24.4 Å². The monoisotopic (exact) mass is 144 g/mol. The molecule has 2 nitrogen and oxygen atoms in total. The van der Waals surface area contributed by atoms with Crippen molar-refractivity contribution in [3.8, 4) is 0 Å². The molecule has 0 N–H and O–H groups in total. The number of hydrogen-bond acceptors (Lipinski definition) is 2. The molecular formula is C6H7ClNO. The highest BCUT2D eigenvalue weighted by atomic mass is 35.5. The van der Waals surface area contributed by atoms with Crippen LogP contribution in [0.3, 0.4) is 0 Å². The summed E-state index contributed by atoms with van der Waals surface area (Å²) < 4.78 is 4.59. The van der Waals surface area contributed by atoms with Crippen LogP contribution in [-0.4, -0.2) is 11.0 Å². The summed E-state index contributed by atoms with van der Waals surface area (Å²) in [4.78, 5) is 0. The lowest BCUT2D eigenvalue weighted by molar-refractivity contribution is 0.415. The van der Waals surface area contributed by atoms with Crippen LogP contribution in [0.25, 0.3) is 0 Å². The Morgan fingerprint density at radius 3 is 3.22 bits per heavy atom. The van der Waals surface area contributed by atoms with E-state index in [-0.39, 0.29) is 0 Å². The molecule has 0 fully saturated rings. The van der Waals surface area contributed by atoms with Crippen LogP contribution in [0, 0.1) is 6.42 Å². The van der Waals surface area contributed by atoms with E-state index in [9.17, 15) is 0 Å². The molecule has 0 aliphatic carbocycles. The predicted octanol–water partition coefficient (Wildman–Crippen LogP) is 1.86. The van der Waals surface area contributed by atoms with Crippen molar-refractivity contribution in [2.45, 2.75) is 6.42 Å². The second-order valence-electron chi connectivity index (χ2n) is 1.61. The van der Waals surface area contributed by atoms with Crippen molar-refractivity contribution >= 4 is 11.6 Å². The van der Waals surface area contributed by atoms with E-state index in [1.807, 2.05) is 6.42 Å². The molecule has 0 aliphatic rings. The van der Waals surface area contributed by atoms with Crippen LogP contribution >= 0.6 is 11.6 Å². The lowest BCUT2D eigenvalue weighted by Gasteiger charge is -1.86. The molecule has 1 radical (unpaired) electrons. The first-order valence-corrected chi connectivity index (χ1v) is 3.26. The lowest BCUT2D eigenvalue weighted by Crippen LogP contribution is -1.80. The Morgan fingerprint density at radius 1 is 1.78 bits per heavy atom. The Labute approximate surface area is 58.8 Å². The summed E-state index contributed by atoms with van der Waals surface area (Å²) in [6, 6.07) is 1.80. The van der Waals surface area contributed by atoms with Crippen LogP contribution in [0.5, 0.6) is 0 Å². The molecule has 0 bridgehead atoms. The molecule has 0 unspecified atom stereocenters. The van der Waals surface area contributed by atoms with Crippen molar-refractivity contribution in [2.24, 2.45) is 0 Å². The largest absolute Gasteiger partial charge is 0.365 e. The van der Waals surface area contributed by atoms with Gasteiger partial charge < -0.3 is 4.52 Å². The van der Waals surface area contributed by atoms with Crippen LogP contribution < -0.4 is 0 Å². The normalized spacial score (nSPS) is 9.89. The summed E-state index contributed by atoms with van der Waals surface area (Å²) in [7, 11) is 0. The van der Waals surface area contributed by atoms with Gasteiger partial charge in [-0.15, -0.1) is 11.6 Å². The fraction of sp³-hybridized carbons (Fsp3) is 0.333. The number of alkyl halides is 1. The maximum absolute atomic E-state index is 5.43. The van der Waals surface area contributed by atoms with Gasteiger partial charge in [0.15, 0.2) is 0 Å². The molecule has 0 aliphatic heterocycles. The Hall–Kier alpha value is -0.500. The van der Waals surface area contributed by atoms with Crippen molar-refractivity contribution < 1.29 is 4.52 Å². The van der Waals surface area contributed by atoms with E-state index in [0.717, 1.165) is 12.1 Å². The third-order valence-electron chi connectivity index (χ3n) is 0.920. The van der Waals surface area contributed by atoms with Crippen LogP contribution in [-0.2, 0) is 0 Å². The molecule has 1 heterocycles. The number of aromatic nitrogens is 1. The first kappa shape index (κ1) is 6.62. The number of hydrogen-bond donors (Lipinski definition) is 0. The highest BCUT2D eigenvalue weighted by Crippen LogP contribution is 2.01. The van der Waals surface area contributed by atoms with E-state index in [1.54, 1.807) is 12.3 Å². The third-order valence-corrected chi connectivity index (χ3v) is 1.14. The molecule has 0 saturated carbocycles. The summed E-state index contributed by atoms with van der Waals surface area (Å²) in [6.45, 7) is 0. The van der Waals surface area contributed by atoms with E-state index >= 15 is 0 Å². The van der Waals surface area contributed by atoms with E-state index in [0.29, 0.717) is 5.88 Å². The average Bonchev–Trinajstić information content (AvgIpc) is 2.34. The predicted molar refractivity (Wildman–Crippen MR) is 35.2 cm³/mol. The molecule has 0 atom stereocenters. The fourth-order valence-corrected chi connectivity index (χ4v) is 0.639. The van der Waals surface area contributed by atoms with Gasteiger partial charge in [0.2, 0.25) is 0 Å². The first-order chi connectivity index (χ1) is 4.43. The smallest absolute Gasteiger partial charge is 0.124 e. The van der Waals surface area contributed by atoms with Crippen LogP contribution in [0.1, 0.15) is 12.1 Å². The van der Waals surface area contributed by atoms with Gasteiger partial charge in [0.05, 0.1) is 5.69 Å². The third kappa shape index (κ3) is 2.06.